The van der Waals surface area contributed by atoms with Gasteiger partial charge in [-0.15, -0.1) is 0 Å². The summed E-state index contributed by atoms with van der Waals surface area (Å²) in [6.07, 6.45) is 1.13. The van der Waals surface area contributed by atoms with Gasteiger partial charge in [-0.05, 0) is 30.5 Å². The van der Waals surface area contributed by atoms with Crippen LogP contribution in [0, 0.1) is 0 Å². The maximum absolute atomic E-state index is 11.2. The molecule has 0 amide bonds. The standard InChI is InChI=1S/C13H14Cl2O3/c14-9-3-1-8(12(15)5-9)2-4-11-6-10(16)7-13(17)18-11/h1,3,5,10-11,16H,2,4,6-7H2. The molecule has 1 N–H and O–H groups in total. The molecule has 1 aliphatic heterocycles. The molecule has 0 bridgehead atoms. The summed E-state index contributed by atoms with van der Waals surface area (Å²) >= 11 is 11.9. The number of esters is 1. The molecule has 1 fully saturated rings. The highest BCUT2D eigenvalue weighted by atomic mass is 35.5. The quantitative estimate of drug-likeness (QED) is 0.870. The van der Waals surface area contributed by atoms with Crippen LogP contribution in [0.3, 0.4) is 0 Å². The molecule has 98 valence electrons. The van der Waals surface area contributed by atoms with E-state index in [1.54, 1.807) is 12.1 Å². The van der Waals surface area contributed by atoms with Crippen molar-refractivity contribution in [3.8, 4) is 0 Å². The monoisotopic (exact) mass is 288 g/mol. The van der Waals surface area contributed by atoms with Gasteiger partial charge in [0.25, 0.3) is 0 Å². The van der Waals surface area contributed by atoms with Crippen molar-refractivity contribution < 1.29 is 14.6 Å². The van der Waals surface area contributed by atoms with E-state index in [0.717, 1.165) is 5.56 Å². The number of ether oxygens (including phenoxy) is 1. The Balaban J connectivity index is 1.93. The molecule has 3 nitrogen and oxygen atoms in total. The SMILES string of the molecule is O=C1CC(O)CC(CCc2ccc(Cl)cc2Cl)O1. The highest BCUT2D eigenvalue weighted by Gasteiger charge is 2.26. The summed E-state index contributed by atoms with van der Waals surface area (Å²) in [4.78, 5) is 11.2. The third-order valence-corrected chi connectivity index (χ3v) is 3.57. The molecule has 1 aliphatic rings. The summed E-state index contributed by atoms with van der Waals surface area (Å²) in [7, 11) is 0. The van der Waals surface area contributed by atoms with Gasteiger partial charge < -0.3 is 9.84 Å². The van der Waals surface area contributed by atoms with E-state index in [1.165, 1.54) is 0 Å². The molecule has 2 unspecified atom stereocenters. The molecule has 2 atom stereocenters. The minimum absolute atomic E-state index is 0.0954. The van der Waals surface area contributed by atoms with Gasteiger partial charge in [0.1, 0.15) is 6.10 Å². The molecule has 0 spiro atoms. The van der Waals surface area contributed by atoms with Crippen LogP contribution in [-0.4, -0.2) is 23.3 Å². The summed E-state index contributed by atoms with van der Waals surface area (Å²) in [6, 6.07) is 5.34. The molecule has 1 heterocycles. The molecule has 0 radical (unpaired) electrons. The second-order valence-corrected chi connectivity index (χ2v) is 5.32. The Morgan fingerprint density at radius 2 is 2.17 bits per heavy atom. The normalized spacial score (nSPS) is 23.8. The Hall–Kier alpha value is -0.770. The van der Waals surface area contributed by atoms with Crippen LogP contribution in [0.4, 0.5) is 0 Å². The lowest BCUT2D eigenvalue weighted by Crippen LogP contribution is -2.32. The van der Waals surface area contributed by atoms with Gasteiger partial charge >= 0.3 is 5.97 Å². The number of aryl methyl sites for hydroxylation is 1. The number of carbonyl (C=O) groups excluding carboxylic acids is 1. The van der Waals surface area contributed by atoms with Crippen LogP contribution in [0.2, 0.25) is 10.0 Å². The lowest BCUT2D eigenvalue weighted by atomic mass is 9.99. The number of halogens is 2. The van der Waals surface area contributed by atoms with Crippen molar-refractivity contribution in [3.05, 3.63) is 33.8 Å². The van der Waals surface area contributed by atoms with E-state index >= 15 is 0 Å². The molecule has 1 saturated heterocycles. The van der Waals surface area contributed by atoms with E-state index in [2.05, 4.69) is 0 Å². The largest absolute Gasteiger partial charge is 0.462 e. The first-order chi connectivity index (χ1) is 8.54. The van der Waals surface area contributed by atoms with Crippen molar-refractivity contribution in [1.29, 1.82) is 0 Å². The molecule has 0 aliphatic carbocycles. The predicted molar refractivity (Wildman–Crippen MR) is 69.9 cm³/mol. The van der Waals surface area contributed by atoms with Crippen molar-refractivity contribution in [2.45, 2.75) is 37.9 Å². The van der Waals surface area contributed by atoms with Crippen LogP contribution >= 0.6 is 23.2 Å². The van der Waals surface area contributed by atoms with Crippen molar-refractivity contribution in [2.75, 3.05) is 0 Å². The second kappa shape index (κ2) is 5.91. The van der Waals surface area contributed by atoms with E-state index in [1.807, 2.05) is 6.07 Å². The van der Waals surface area contributed by atoms with Crippen LogP contribution in [-0.2, 0) is 16.0 Å². The third kappa shape index (κ3) is 3.61. The van der Waals surface area contributed by atoms with Crippen LogP contribution < -0.4 is 0 Å². The van der Waals surface area contributed by atoms with Gasteiger partial charge in [0, 0.05) is 16.5 Å². The first-order valence-electron chi connectivity index (χ1n) is 5.86. The second-order valence-electron chi connectivity index (χ2n) is 4.48. The average Bonchev–Trinajstić information content (AvgIpc) is 2.26. The lowest BCUT2D eigenvalue weighted by Gasteiger charge is -2.25. The average molecular weight is 289 g/mol. The minimum atomic E-state index is -0.586. The Labute approximate surface area is 116 Å². The van der Waals surface area contributed by atoms with E-state index in [9.17, 15) is 9.90 Å². The number of aliphatic hydroxyl groups is 1. The number of carbonyl (C=O) groups is 1. The predicted octanol–water partition coefficient (Wildman–Crippen LogP) is 2.99. The smallest absolute Gasteiger partial charge is 0.308 e. The number of hydrogen-bond acceptors (Lipinski definition) is 3. The minimum Gasteiger partial charge on any atom is -0.462 e. The van der Waals surface area contributed by atoms with Gasteiger partial charge in [-0.25, -0.2) is 0 Å². The van der Waals surface area contributed by atoms with E-state index < -0.39 is 6.10 Å². The number of cyclic esters (lactones) is 1. The van der Waals surface area contributed by atoms with Gasteiger partial charge in [0.2, 0.25) is 0 Å². The van der Waals surface area contributed by atoms with Gasteiger partial charge in [-0.2, -0.15) is 0 Å². The maximum Gasteiger partial charge on any atom is 0.308 e. The van der Waals surface area contributed by atoms with Crippen LogP contribution in [0.25, 0.3) is 0 Å². The number of benzene rings is 1. The summed E-state index contributed by atoms with van der Waals surface area (Å²) < 4.78 is 5.17. The highest BCUT2D eigenvalue weighted by Crippen LogP contribution is 2.25. The molecule has 18 heavy (non-hydrogen) atoms. The molecule has 1 aromatic carbocycles. The molecule has 0 saturated carbocycles. The number of hydrogen-bond donors (Lipinski definition) is 1. The Morgan fingerprint density at radius 3 is 2.83 bits per heavy atom. The summed E-state index contributed by atoms with van der Waals surface area (Å²) in [5.74, 6) is -0.332. The molecule has 5 heteroatoms. The fraction of sp³-hybridized carbons (Fsp3) is 0.462. The summed E-state index contributed by atoms with van der Waals surface area (Å²) in [5.41, 5.74) is 0.970. The fourth-order valence-corrected chi connectivity index (χ4v) is 2.58. The number of aliphatic hydroxyl groups excluding tert-OH is 1. The molecule has 1 aromatic rings. The van der Waals surface area contributed by atoms with Gasteiger partial charge in [-0.3, -0.25) is 4.79 Å². The zero-order valence-electron chi connectivity index (χ0n) is 9.73. The van der Waals surface area contributed by atoms with Gasteiger partial charge in [0.05, 0.1) is 12.5 Å². The van der Waals surface area contributed by atoms with Crippen molar-refractivity contribution >= 4 is 29.2 Å². The van der Waals surface area contributed by atoms with Crippen molar-refractivity contribution in [3.63, 3.8) is 0 Å². The lowest BCUT2D eigenvalue weighted by molar-refractivity contribution is -0.160. The highest BCUT2D eigenvalue weighted by molar-refractivity contribution is 6.35. The first kappa shape index (κ1) is 13.7. The van der Waals surface area contributed by atoms with E-state index in [0.29, 0.717) is 29.3 Å². The maximum atomic E-state index is 11.2. The molecular formula is C13H14Cl2O3. The van der Waals surface area contributed by atoms with Crippen molar-refractivity contribution in [2.24, 2.45) is 0 Å². The zero-order chi connectivity index (χ0) is 13.1. The van der Waals surface area contributed by atoms with E-state index in [-0.39, 0.29) is 18.5 Å². The summed E-state index contributed by atoms with van der Waals surface area (Å²) in [5, 5.41) is 10.7. The van der Waals surface area contributed by atoms with Crippen LogP contribution in [0.1, 0.15) is 24.8 Å². The molecule has 2 rings (SSSR count). The fourth-order valence-electron chi connectivity index (χ4n) is 2.08. The van der Waals surface area contributed by atoms with Crippen LogP contribution in [0.5, 0.6) is 0 Å². The first-order valence-corrected chi connectivity index (χ1v) is 6.61. The zero-order valence-corrected chi connectivity index (χ0v) is 11.2. The van der Waals surface area contributed by atoms with Gasteiger partial charge in [0.15, 0.2) is 0 Å². The van der Waals surface area contributed by atoms with Crippen molar-refractivity contribution in [1.82, 2.24) is 0 Å². The third-order valence-electron chi connectivity index (χ3n) is 2.99. The number of rotatable bonds is 3. The van der Waals surface area contributed by atoms with Gasteiger partial charge in [-0.1, -0.05) is 29.3 Å². The topological polar surface area (TPSA) is 46.5 Å². The summed E-state index contributed by atoms with van der Waals surface area (Å²) in [6.45, 7) is 0. The Bertz CT molecular complexity index is 448. The van der Waals surface area contributed by atoms with E-state index in [4.69, 9.17) is 27.9 Å². The Morgan fingerprint density at radius 1 is 1.39 bits per heavy atom. The Kier molecular flexibility index (Phi) is 4.49. The molecule has 0 aromatic heterocycles. The van der Waals surface area contributed by atoms with Crippen LogP contribution in [0.15, 0.2) is 18.2 Å². The molecular weight excluding hydrogens is 275 g/mol.